The van der Waals surface area contributed by atoms with Crippen molar-refractivity contribution in [1.29, 1.82) is 0 Å². The zero-order chi connectivity index (χ0) is 12.1. The van der Waals surface area contributed by atoms with Crippen LogP contribution in [0.4, 0.5) is 4.79 Å². The molecule has 1 fully saturated rings. The van der Waals surface area contributed by atoms with Crippen LogP contribution in [0.5, 0.6) is 0 Å². The molecule has 0 aliphatic heterocycles. The number of hydrogen-bond donors (Lipinski definition) is 3. The summed E-state index contributed by atoms with van der Waals surface area (Å²) in [5.41, 5.74) is 0. The molecule has 1 rings (SSSR count). The smallest absolute Gasteiger partial charge is 0.326 e. The van der Waals surface area contributed by atoms with Gasteiger partial charge >= 0.3 is 12.0 Å². The number of aliphatic carboxylic acids is 1. The molecule has 1 aliphatic rings. The second-order valence-corrected chi connectivity index (χ2v) is 5.33. The fourth-order valence-electron chi connectivity index (χ4n) is 1.32. The van der Waals surface area contributed by atoms with Gasteiger partial charge in [-0.05, 0) is 25.0 Å². The first-order chi connectivity index (χ1) is 7.54. The van der Waals surface area contributed by atoms with E-state index >= 15 is 0 Å². The fourth-order valence-corrected chi connectivity index (χ4v) is 1.57. The van der Waals surface area contributed by atoms with Gasteiger partial charge in [-0.15, -0.1) is 0 Å². The number of hydrogen-bond acceptors (Lipinski definition) is 3. The van der Waals surface area contributed by atoms with E-state index in [0.29, 0.717) is 11.8 Å². The Kier molecular flexibility index (Phi) is 4.92. The number of rotatable bonds is 6. The van der Waals surface area contributed by atoms with Gasteiger partial charge in [-0.2, -0.15) is 11.8 Å². The van der Waals surface area contributed by atoms with Crippen LogP contribution in [0.2, 0.25) is 0 Å². The predicted octanol–water partition coefficient (Wildman–Crippen LogP) is 0.900. The van der Waals surface area contributed by atoms with Gasteiger partial charge in [-0.1, -0.05) is 6.92 Å². The lowest BCUT2D eigenvalue weighted by atomic mass is 10.2. The molecule has 0 spiro atoms. The maximum absolute atomic E-state index is 11.4. The van der Waals surface area contributed by atoms with Crippen LogP contribution in [0.3, 0.4) is 0 Å². The molecule has 3 N–H and O–H groups in total. The van der Waals surface area contributed by atoms with Crippen molar-refractivity contribution in [3.63, 3.8) is 0 Å². The van der Waals surface area contributed by atoms with Crippen molar-refractivity contribution in [2.24, 2.45) is 5.92 Å². The van der Waals surface area contributed by atoms with Crippen LogP contribution in [0.25, 0.3) is 0 Å². The summed E-state index contributed by atoms with van der Waals surface area (Å²) in [5.74, 6) is -0.836. The lowest BCUT2D eigenvalue weighted by Crippen LogP contribution is -2.48. The Morgan fingerprint density at radius 3 is 2.56 bits per heavy atom. The van der Waals surface area contributed by atoms with E-state index in [4.69, 9.17) is 5.11 Å². The molecule has 1 saturated carbocycles. The normalized spacial score (nSPS) is 18.6. The summed E-state index contributed by atoms with van der Waals surface area (Å²) < 4.78 is 0. The Balaban J connectivity index is 2.28. The molecule has 6 heteroatoms. The number of urea groups is 1. The topological polar surface area (TPSA) is 78.4 Å². The average Bonchev–Trinajstić information content (AvgIpc) is 3.05. The Labute approximate surface area is 99.4 Å². The van der Waals surface area contributed by atoms with Crippen LogP contribution in [-0.2, 0) is 4.79 Å². The van der Waals surface area contributed by atoms with E-state index in [0.717, 1.165) is 12.8 Å². The number of thioether (sulfide) groups is 1. The lowest BCUT2D eigenvalue weighted by molar-refractivity contribution is -0.139. The third-order valence-electron chi connectivity index (χ3n) is 2.60. The molecular weight excluding hydrogens is 228 g/mol. The van der Waals surface area contributed by atoms with E-state index < -0.39 is 12.0 Å². The van der Waals surface area contributed by atoms with Gasteiger partial charge < -0.3 is 15.7 Å². The highest BCUT2D eigenvalue weighted by atomic mass is 32.2. The van der Waals surface area contributed by atoms with Crippen molar-refractivity contribution in [2.45, 2.75) is 31.1 Å². The quantitative estimate of drug-likeness (QED) is 0.650. The van der Waals surface area contributed by atoms with Gasteiger partial charge in [-0.3, -0.25) is 0 Å². The fraction of sp³-hybridized carbons (Fsp3) is 0.800. The second-order valence-electron chi connectivity index (χ2n) is 4.05. The Morgan fingerprint density at radius 1 is 1.50 bits per heavy atom. The van der Waals surface area contributed by atoms with E-state index in [1.54, 1.807) is 11.8 Å². The molecule has 2 unspecified atom stereocenters. The molecule has 0 saturated heterocycles. The van der Waals surface area contributed by atoms with E-state index in [9.17, 15) is 9.59 Å². The van der Waals surface area contributed by atoms with E-state index in [1.807, 2.05) is 13.2 Å². The van der Waals surface area contributed by atoms with Gasteiger partial charge in [0.2, 0.25) is 0 Å². The Bertz CT molecular complexity index is 269. The number of carbonyl (C=O) groups is 2. The molecule has 0 bridgehead atoms. The van der Waals surface area contributed by atoms with Gasteiger partial charge in [0.1, 0.15) is 6.04 Å². The summed E-state index contributed by atoms with van der Waals surface area (Å²) in [5, 5.41) is 14.4. The highest BCUT2D eigenvalue weighted by molar-refractivity contribution is 7.99. The number of amides is 2. The molecule has 5 nitrogen and oxygen atoms in total. The number of carbonyl (C=O) groups excluding carboxylic acids is 1. The molecule has 1 aliphatic carbocycles. The van der Waals surface area contributed by atoms with Crippen molar-refractivity contribution < 1.29 is 14.7 Å². The highest BCUT2D eigenvalue weighted by Gasteiger charge is 2.37. The zero-order valence-corrected chi connectivity index (χ0v) is 10.3. The molecule has 92 valence electrons. The maximum Gasteiger partial charge on any atom is 0.326 e. The molecule has 16 heavy (non-hydrogen) atoms. The third-order valence-corrected chi connectivity index (χ3v) is 3.57. The predicted molar refractivity (Wildman–Crippen MR) is 63.7 cm³/mol. The first-order valence-corrected chi connectivity index (χ1v) is 6.63. The van der Waals surface area contributed by atoms with Gasteiger partial charge in [-0.25, -0.2) is 9.59 Å². The van der Waals surface area contributed by atoms with E-state index in [2.05, 4.69) is 10.6 Å². The number of carboxylic acid groups (broad SMARTS) is 1. The molecule has 0 aromatic heterocycles. The first-order valence-electron chi connectivity index (χ1n) is 5.34. The summed E-state index contributed by atoms with van der Waals surface area (Å²) in [6.07, 6.45) is 3.74. The molecule has 0 aromatic carbocycles. The monoisotopic (exact) mass is 246 g/mol. The standard InChI is InChI=1S/C10H18N2O3S/c1-6(16-2)5-11-10(15)12-8(9(13)14)7-3-4-7/h6-8H,3-5H2,1-2H3,(H,13,14)(H2,11,12,15). The zero-order valence-electron chi connectivity index (χ0n) is 9.53. The summed E-state index contributed by atoms with van der Waals surface area (Å²) in [4.78, 5) is 22.3. The van der Waals surface area contributed by atoms with Crippen LogP contribution in [0, 0.1) is 5.92 Å². The minimum atomic E-state index is -0.949. The van der Waals surface area contributed by atoms with Crippen LogP contribution in [0.1, 0.15) is 19.8 Å². The van der Waals surface area contributed by atoms with Crippen LogP contribution < -0.4 is 10.6 Å². The van der Waals surface area contributed by atoms with E-state index in [-0.39, 0.29) is 11.9 Å². The Morgan fingerprint density at radius 2 is 2.12 bits per heavy atom. The van der Waals surface area contributed by atoms with Crippen molar-refractivity contribution in [3.05, 3.63) is 0 Å². The number of carboxylic acids is 1. The first kappa shape index (κ1) is 13.2. The number of nitrogens with one attached hydrogen (secondary N) is 2. The van der Waals surface area contributed by atoms with E-state index in [1.165, 1.54) is 0 Å². The largest absolute Gasteiger partial charge is 0.480 e. The SMILES string of the molecule is CSC(C)CNC(=O)NC(C(=O)O)C1CC1. The second kappa shape index (κ2) is 5.98. The summed E-state index contributed by atoms with van der Waals surface area (Å²) >= 11 is 1.65. The molecule has 0 aromatic rings. The third kappa shape index (κ3) is 4.30. The Hall–Kier alpha value is -0.910. The van der Waals surface area contributed by atoms with Crippen LogP contribution >= 0.6 is 11.8 Å². The molecular formula is C10H18N2O3S. The maximum atomic E-state index is 11.4. The lowest BCUT2D eigenvalue weighted by Gasteiger charge is -2.15. The van der Waals surface area contributed by atoms with Crippen LogP contribution in [-0.4, -0.2) is 41.2 Å². The van der Waals surface area contributed by atoms with Gasteiger partial charge in [0, 0.05) is 11.8 Å². The van der Waals surface area contributed by atoms with Gasteiger partial charge in [0.15, 0.2) is 0 Å². The van der Waals surface area contributed by atoms with Crippen LogP contribution in [0.15, 0.2) is 0 Å². The summed E-state index contributed by atoms with van der Waals surface area (Å²) in [6.45, 7) is 2.55. The summed E-state index contributed by atoms with van der Waals surface area (Å²) in [7, 11) is 0. The molecule has 2 atom stereocenters. The van der Waals surface area contributed by atoms with Gasteiger partial charge in [0.25, 0.3) is 0 Å². The van der Waals surface area contributed by atoms with Gasteiger partial charge in [0.05, 0.1) is 0 Å². The van der Waals surface area contributed by atoms with Crippen molar-refractivity contribution in [2.75, 3.05) is 12.8 Å². The minimum absolute atomic E-state index is 0.112. The molecule has 0 heterocycles. The molecule has 2 amide bonds. The van der Waals surface area contributed by atoms with Crippen molar-refractivity contribution in [3.8, 4) is 0 Å². The highest BCUT2D eigenvalue weighted by Crippen LogP contribution is 2.32. The van der Waals surface area contributed by atoms with Crippen molar-refractivity contribution in [1.82, 2.24) is 10.6 Å². The molecule has 0 radical (unpaired) electrons. The van der Waals surface area contributed by atoms with Crippen molar-refractivity contribution >= 4 is 23.8 Å². The summed E-state index contributed by atoms with van der Waals surface area (Å²) in [6, 6.07) is -1.12. The minimum Gasteiger partial charge on any atom is -0.480 e. The average molecular weight is 246 g/mol.